The van der Waals surface area contributed by atoms with Gasteiger partial charge in [0.05, 0.1) is 0 Å². The fourth-order valence-corrected chi connectivity index (χ4v) is 3.19. The van der Waals surface area contributed by atoms with Gasteiger partial charge in [-0.1, -0.05) is 49.4 Å². The summed E-state index contributed by atoms with van der Waals surface area (Å²) in [4.78, 5) is 14.5. The molecule has 5 nitrogen and oxygen atoms in total. The number of carbonyl (C=O) groups is 1. The van der Waals surface area contributed by atoms with Gasteiger partial charge in [-0.25, -0.2) is 4.79 Å². The average molecular weight is 353 g/mol. The Labute approximate surface area is 155 Å². The number of anilines is 1. The van der Waals surface area contributed by atoms with Crippen LogP contribution in [0.3, 0.4) is 0 Å². The molecule has 1 aliphatic heterocycles. The monoisotopic (exact) mass is 353 g/mol. The number of nitrogens with zero attached hydrogens (tertiary/aromatic N) is 1. The van der Waals surface area contributed by atoms with Crippen LogP contribution in [0.15, 0.2) is 54.6 Å². The van der Waals surface area contributed by atoms with Gasteiger partial charge in [0.25, 0.3) is 0 Å². The van der Waals surface area contributed by atoms with E-state index in [1.54, 1.807) is 0 Å². The smallest absolute Gasteiger partial charge is 0.413 e. The molecule has 0 unspecified atom stereocenters. The Hall–Kier alpha value is -2.37. The highest BCUT2D eigenvalue weighted by Crippen LogP contribution is 2.23. The second kappa shape index (κ2) is 8.34. The topological polar surface area (TPSA) is 67.6 Å². The number of piperidine rings is 1. The summed E-state index contributed by atoms with van der Waals surface area (Å²) in [5, 5.41) is 2.76. The second-order valence-electron chi connectivity index (χ2n) is 6.89. The number of amides is 1. The fourth-order valence-electron chi connectivity index (χ4n) is 3.19. The summed E-state index contributed by atoms with van der Waals surface area (Å²) in [6.07, 6.45) is 1.73. The van der Waals surface area contributed by atoms with Crippen LogP contribution in [0.1, 0.15) is 30.9 Å². The highest BCUT2D eigenvalue weighted by atomic mass is 16.6. The van der Waals surface area contributed by atoms with E-state index in [0.29, 0.717) is 12.8 Å². The van der Waals surface area contributed by atoms with E-state index in [9.17, 15) is 4.79 Å². The maximum absolute atomic E-state index is 12.2. The summed E-state index contributed by atoms with van der Waals surface area (Å²) >= 11 is 0. The van der Waals surface area contributed by atoms with E-state index < -0.39 is 11.8 Å². The molecule has 3 rings (SSSR count). The lowest BCUT2D eigenvalue weighted by Gasteiger charge is -2.38. The molecule has 1 aliphatic rings. The normalized spacial score (nSPS) is 16.8. The van der Waals surface area contributed by atoms with Crippen molar-refractivity contribution in [1.82, 2.24) is 4.90 Å². The van der Waals surface area contributed by atoms with Gasteiger partial charge >= 0.3 is 6.09 Å². The first-order valence-corrected chi connectivity index (χ1v) is 9.20. The van der Waals surface area contributed by atoms with Crippen molar-refractivity contribution in [3.05, 3.63) is 65.7 Å². The summed E-state index contributed by atoms with van der Waals surface area (Å²) < 4.78 is 5.54. The van der Waals surface area contributed by atoms with Crippen molar-refractivity contribution >= 4 is 11.8 Å². The van der Waals surface area contributed by atoms with Crippen LogP contribution in [0.25, 0.3) is 0 Å². The number of aryl methyl sites for hydroxylation is 1. The largest absolute Gasteiger partial charge is 0.428 e. The minimum absolute atomic E-state index is 0.492. The molecule has 1 fully saturated rings. The molecule has 26 heavy (non-hydrogen) atoms. The minimum Gasteiger partial charge on any atom is -0.428 e. The first-order valence-electron chi connectivity index (χ1n) is 9.20. The van der Waals surface area contributed by atoms with Crippen molar-refractivity contribution < 1.29 is 9.53 Å². The highest BCUT2D eigenvalue weighted by Gasteiger charge is 2.34. The van der Waals surface area contributed by atoms with Gasteiger partial charge in [0.2, 0.25) is 0 Å². The molecule has 0 radical (unpaired) electrons. The SMILES string of the molecule is CCc1ccc(NC(=O)OC2(N)CCN(Cc3ccccc3)CC2)cc1. The number of nitrogens with two attached hydrogens (primary N) is 1. The zero-order valence-corrected chi connectivity index (χ0v) is 15.3. The zero-order valence-electron chi connectivity index (χ0n) is 15.3. The van der Waals surface area contributed by atoms with Gasteiger partial charge in [-0.15, -0.1) is 0 Å². The van der Waals surface area contributed by atoms with Crippen LogP contribution < -0.4 is 11.1 Å². The van der Waals surface area contributed by atoms with Crippen LogP contribution in [0.4, 0.5) is 10.5 Å². The first-order chi connectivity index (χ1) is 12.6. The molecule has 5 heteroatoms. The number of hydrogen-bond acceptors (Lipinski definition) is 4. The summed E-state index contributed by atoms with van der Waals surface area (Å²) in [5.74, 6) is 0. The van der Waals surface area contributed by atoms with Gasteiger partial charge in [-0.2, -0.15) is 0 Å². The van der Waals surface area contributed by atoms with Gasteiger partial charge in [-0.05, 0) is 29.7 Å². The molecule has 2 aromatic rings. The lowest BCUT2D eigenvalue weighted by atomic mass is 10.0. The van der Waals surface area contributed by atoms with Crippen LogP contribution in [-0.2, 0) is 17.7 Å². The molecule has 1 amide bonds. The molecule has 0 bridgehead atoms. The first kappa shape index (κ1) is 18.4. The van der Waals surface area contributed by atoms with Crippen molar-refractivity contribution in [3.8, 4) is 0 Å². The molecule has 138 valence electrons. The van der Waals surface area contributed by atoms with Crippen LogP contribution in [0, 0.1) is 0 Å². The van der Waals surface area contributed by atoms with Gasteiger partial charge in [-0.3, -0.25) is 16.0 Å². The minimum atomic E-state index is -0.902. The molecule has 0 aliphatic carbocycles. The molecule has 1 saturated heterocycles. The number of nitrogens with one attached hydrogen (secondary N) is 1. The Morgan fingerprint density at radius 2 is 1.73 bits per heavy atom. The maximum atomic E-state index is 12.2. The van der Waals surface area contributed by atoms with Crippen LogP contribution >= 0.6 is 0 Å². The van der Waals surface area contributed by atoms with Gasteiger partial charge < -0.3 is 4.74 Å². The predicted molar refractivity (Wildman–Crippen MR) is 104 cm³/mol. The van der Waals surface area contributed by atoms with Gasteiger partial charge in [0.1, 0.15) is 0 Å². The van der Waals surface area contributed by atoms with Crippen molar-refractivity contribution in [2.24, 2.45) is 5.73 Å². The summed E-state index contributed by atoms with van der Waals surface area (Å²) in [6, 6.07) is 18.1. The zero-order chi connectivity index (χ0) is 18.4. The average Bonchev–Trinajstić information content (AvgIpc) is 2.65. The Balaban J connectivity index is 1.48. The molecule has 0 saturated carbocycles. The summed E-state index contributed by atoms with van der Waals surface area (Å²) in [5.41, 5.74) is 8.63. The standard InChI is InChI=1S/C21H27N3O2/c1-2-17-8-10-19(11-9-17)23-20(25)26-21(22)12-14-24(15-13-21)16-18-6-4-3-5-7-18/h3-11H,2,12-16,22H2,1H3,(H,23,25). The molecule has 0 atom stereocenters. The number of carbonyl (C=O) groups excluding carboxylic acids is 1. The molecule has 3 N–H and O–H groups in total. The number of rotatable bonds is 5. The summed E-state index contributed by atoms with van der Waals surface area (Å²) in [7, 11) is 0. The Morgan fingerprint density at radius 1 is 1.08 bits per heavy atom. The molecular weight excluding hydrogens is 326 g/mol. The molecule has 0 aromatic heterocycles. The van der Waals surface area contributed by atoms with E-state index in [-0.39, 0.29) is 0 Å². The van der Waals surface area contributed by atoms with Gasteiger partial charge in [0.15, 0.2) is 5.72 Å². The Bertz CT molecular complexity index is 708. The van der Waals surface area contributed by atoms with Crippen molar-refractivity contribution in [2.75, 3.05) is 18.4 Å². The summed E-state index contributed by atoms with van der Waals surface area (Å²) in [6.45, 7) is 4.61. The van der Waals surface area contributed by atoms with Crippen LogP contribution in [0.5, 0.6) is 0 Å². The third-order valence-electron chi connectivity index (χ3n) is 4.86. The number of hydrogen-bond donors (Lipinski definition) is 2. The highest BCUT2D eigenvalue weighted by molar-refractivity contribution is 5.84. The van der Waals surface area contributed by atoms with Crippen molar-refractivity contribution in [3.63, 3.8) is 0 Å². The van der Waals surface area contributed by atoms with Gasteiger partial charge in [0, 0.05) is 38.2 Å². The van der Waals surface area contributed by atoms with Crippen molar-refractivity contribution in [2.45, 2.75) is 38.5 Å². The number of ether oxygens (including phenoxy) is 1. The number of benzene rings is 2. The van der Waals surface area contributed by atoms with E-state index >= 15 is 0 Å². The predicted octanol–water partition coefficient (Wildman–Crippen LogP) is 3.75. The molecule has 0 spiro atoms. The lowest BCUT2D eigenvalue weighted by molar-refractivity contribution is -0.0269. The second-order valence-corrected chi connectivity index (χ2v) is 6.89. The molecular formula is C21H27N3O2. The van der Waals surface area contributed by atoms with E-state index in [1.165, 1.54) is 11.1 Å². The Morgan fingerprint density at radius 3 is 2.35 bits per heavy atom. The Kier molecular flexibility index (Phi) is 5.91. The number of likely N-dealkylation sites (tertiary alicyclic amines) is 1. The van der Waals surface area contributed by atoms with Crippen LogP contribution in [0.2, 0.25) is 0 Å². The van der Waals surface area contributed by atoms with E-state index in [2.05, 4.69) is 29.3 Å². The lowest BCUT2D eigenvalue weighted by Crippen LogP contribution is -2.53. The van der Waals surface area contributed by atoms with E-state index in [0.717, 1.165) is 31.7 Å². The van der Waals surface area contributed by atoms with Crippen molar-refractivity contribution in [1.29, 1.82) is 0 Å². The molecule has 1 heterocycles. The van der Waals surface area contributed by atoms with E-state index in [1.807, 2.05) is 42.5 Å². The quantitative estimate of drug-likeness (QED) is 0.804. The maximum Gasteiger partial charge on any atom is 0.413 e. The fraction of sp³-hybridized carbons (Fsp3) is 0.381. The van der Waals surface area contributed by atoms with E-state index in [4.69, 9.17) is 10.5 Å². The third kappa shape index (κ3) is 5.07. The third-order valence-corrected chi connectivity index (χ3v) is 4.86. The molecule has 2 aromatic carbocycles. The van der Waals surface area contributed by atoms with Crippen LogP contribution in [-0.4, -0.2) is 29.8 Å².